The number of Topliss-reactive ketones (excluding diaryl/α,β-unsaturated/α-hetero) is 1. The summed E-state index contributed by atoms with van der Waals surface area (Å²) in [5, 5.41) is 21.0. The van der Waals surface area contributed by atoms with E-state index in [4.69, 9.17) is 13.6 Å². The molecule has 3 heterocycles. The van der Waals surface area contributed by atoms with Gasteiger partial charge in [-0.1, -0.05) is 25.5 Å². The summed E-state index contributed by atoms with van der Waals surface area (Å²) in [5.74, 6) is -0.925. The largest absolute Gasteiger partial charge is 0.480 e. The molecule has 8 heteroatoms. The highest BCUT2D eigenvalue weighted by molar-refractivity contribution is 7.50. The molecule has 8 atom stereocenters. The summed E-state index contributed by atoms with van der Waals surface area (Å²) in [5.41, 5.74) is 0.325. The summed E-state index contributed by atoms with van der Waals surface area (Å²) in [6, 6.07) is 0. The highest BCUT2D eigenvalue weighted by atomic mass is 31.2. The van der Waals surface area contributed by atoms with Crippen molar-refractivity contribution in [2.24, 2.45) is 34.5 Å². The molecule has 0 aromatic rings. The molecule has 7 aliphatic rings. The van der Waals surface area contributed by atoms with Crippen molar-refractivity contribution in [3.05, 3.63) is 11.6 Å². The second kappa shape index (κ2) is 5.62. The van der Waals surface area contributed by atoms with Crippen LogP contribution >= 0.6 is 7.82 Å². The van der Waals surface area contributed by atoms with Gasteiger partial charge in [-0.2, -0.15) is 0 Å². The lowest BCUT2D eigenvalue weighted by Gasteiger charge is -2.64. The van der Waals surface area contributed by atoms with Crippen molar-refractivity contribution in [1.82, 2.24) is 0 Å². The predicted octanol–water partition coefficient (Wildman–Crippen LogP) is 2.96. The molecule has 1 unspecified atom stereocenters. The summed E-state index contributed by atoms with van der Waals surface area (Å²) in [6.07, 6.45) is 5.87. The van der Waals surface area contributed by atoms with Gasteiger partial charge in [-0.05, 0) is 55.8 Å². The van der Waals surface area contributed by atoms with Gasteiger partial charge in [0.1, 0.15) is 12.7 Å². The van der Waals surface area contributed by atoms with E-state index in [0.29, 0.717) is 18.8 Å². The van der Waals surface area contributed by atoms with Crippen molar-refractivity contribution in [3.8, 4) is 0 Å². The van der Waals surface area contributed by atoms with Crippen molar-refractivity contribution in [2.75, 3.05) is 6.61 Å². The van der Waals surface area contributed by atoms with Crippen molar-refractivity contribution < 1.29 is 33.1 Å². The fourth-order valence-corrected chi connectivity index (χ4v) is 10.4. The second-order valence-corrected chi connectivity index (χ2v) is 11.9. The topological polar surface area (TPSA) is 102 Å². The smallest absolute Gasteiger partial charge is 0.393 e. The number of fused-ring (bicyclic) bond motifs is 5. The first-order chi connectivity index (χ1) is 13.7. The minimum atomic E-state index is -3.44. The van der Waals surface area contributed by atoms with Crippen molar-refractivity contribution in [2.45, 2.75) is 70.4 Å². The lowest BCUT2D eigenvalue weighted by Crippen LogP contribution is -2.68. The average molecular weight is 424 g/mol. The number of rotatable bonds is 2. The Labute approximate surface area is 170 Å². The minimum absolute atomic E-state index is 0.0956. The lowest BCUT2D eigenvalue weighted by atomic mass is 9.44. The van der Waals surface area contributed by atoms with Crippen LogP contribution in [0.1, 0.15) is 52.4 Å². The van der Waals surface area contributed by atoms with Crippen LogP contribution in [0.25, 0.3) is 0 Å². The number of aliphatic hydroxyl groups is 2. The first-order valence-electron chi connectivity index (χ1n) is 10.9. The molecule has 160 valence electrons. The Kier molecular flexibility index (Phi) is 3.71. The van der Waals surface area contributed by atoms with Crippen molar-refractivity contribution >= 4 is 13.6 Å². The van der Waals surface area contributed by atoms with Crippen LogP contribution in [0.5, 0.6) is 0 Å². The summed E-state index contributed by atoms with van der Waals surface area (Å²) in [7, 11) is -3.44. The third-order valence-electron chi connectivity index (χ3n) is 9.55. The van der Waals surface area contributed by atoms with Crippen LogP contribution < -0.4 is 0 Å². The fraction of sp³-hybridized carbons (Fsp3) is 0.857. The van der Waals surface area contributed by atoms with Crippen LogP contribution in [-0.2, 0) is 22.9 Å². The highest BCUT2D eigenvalue weighted by Gasteiger charge is 2.82. The molecule has 29 heavy (non-hydrogen) atoms. The summed E-state index contributed by atoms with van der Waals surface area (Å²) >= 11 is 0. The van der Waals surface area contributed by atoms with Crippen LogP contribution in [0.2, 0.25) is 0 Å². The summed E-state index contributed by atoms with van der Waals surface area (Å²) < 4.78 is 29.9. The Morgan fingerprint density at radius 3 is 2.76 bits per heavy atom. The van der Waals surface area contributed by atoms with E-state index in [0.717, 1.165) is 25.7 Å². The average Bonchev–Trinajstić information content (AvgIpc) is 3.25. The van der Waals surface area contributed by atoms with Gasteiger partial charge in [0.25, 0.3) is 0 Å². The molecule has 0 amide bonds. The quantitative estimate of drug-likeness (QED) is 0.519. The monoisotopic (exact) mass is 424 g/mol. The molecule has 7 nitrogen and oxygen atoms in total. The standard InChI is InChI=1S/C21H29O7P/c1-19-9-15(23)18-12(13(19)6-7-14(19)16(24)10-22)5-3-11-4-8-17-21(20(11,18)2)27-29(25,26-17)28-21/h4,12-15,17-18,22-23H,3,5-10H2,1-2H3/t12-,13-,14+,15-,17?,18+,19-,20-,21?,29?/m0/s1. The third-order valence-corrected chi connectivity index (χ3v) is 11.1. The van der Waals surface area contributed by atoms with Gasteiger partial charge in [-0.25, -0.2) is 13.6 Å². The first-order valence-corrected chi connectivity index (χ1v) is 12.4. The predicted molar refractivity (Wildman–Crippen MR) is 101 cm³/mol. The van der Waals surface area contributed by atoms with E-state index in [1.807, 2.05) is 0 Å². The minimum Gasteiger partial charge on any atom is -0.393 e. The molecule has 1 spiro atoms. The van der Waals surface area contributed by atoms with Crippen molar-refractivity contribution in [1.29, 1.82) is 0 Å². The van der Waals surface area contributed by atoms with E-state index < -0.39 is 37.8 Å². The highest BCUT2D eigenvalue weighted by Crippen LogP contribution is 2.83. The number of hydrogen-bond acceptors (Lipinski definition) is 7. The van der Waals surface area contributed by atoms with E-state index in [1.54, 1.807) is 0 Å². The Morgan fingerprint density at radius 2 is 2.03 bits per heavy atom. The zero-order valence-electron chi connectivity index (χ0n) is 16.9. The number of hydrogen-bond donors (Lipinski definition) is 2. The number of carbonyl (C=O) groups is 1. The van der Waals surface area contributed by atoms with E-state index >= 15 is 0 Å². The molecule has 3 saturated carbocycles. The molecule has 3 saturated heterocycles. The van der Waals surface area contributed by atoms with Crippen LogP contribution in [0, 0.1) is 34.5 Å². The first kappa shape index (κ1) is 19.1. The maximum atomic E-state index is 12.5. The normalized spacial score (nSPS) is 59.7. The van der Waals surface area contributed by atoms with Crippen LogP contribution in [-0.4, -0.2) is 40.6 Å². The molecule has 6 fully saturated rings. The number of carbonyl (C=O) groups excluding carboxylic acids is 1. The number of ketones is 1. The van der Waals surface area contributed by atoms with Gasteiger partial charge in [-0.3, -0.25) is 9.32 Å². The molecule has 0 aromatic heterocycles. The Bertz CT molecular complexity index is 859. The Morgan fingerprint density at radius 1 is 1.28 bits per heavy atom. The van der Waals surface area contributed by atoms with E-state index in [2.05, 4.69) is 19.9 Å². The van der Waals surface area contributed by atoms with Crippen molar-refractivity contribution in [3.63, 3.8) is 0 Å². The van der Waals surface area contributed by atoms with Gasteiger partial charge in [0.15, 0.2) is 5.78 Å². The van der Waals surface area contributed by atoms with Gasteiger partial charge in [-0.15, -0.1) is 0 Å². The molecule has 2 N–H and O–H groups in total. The maximum Gasteiger partial charge on any atom is 0.480 e. The third kappa shape index (κ3) is 2.03. The lowest BCUT2D eigenvalue weighted by molar-refractivity contribution is -0.289. The number of aliphatic hydroxyl groups excluding tert-OH is 2. The fourth-order valence-electron chi connectivity index (χ4n) is 8.47. The molecule has 0 radical (unpaired) electrons. The zero-order chi connectivity index (χ0) is 20.4. The SMILES string of the molecule is C[C@]12C[C@H](O)[C@H]3[C@@H](CCC4=CCC5OP6(=O)OC5(O6)[C@@]43C)[C@@H]1CC[C@@H]2C(=O)CO. The van der Waals surface area contributed by atoms with Crippen LogP contribution in [0.4, 0.5) is 0 Å². The molecule has 2 bridgehead atoms. The van der Waals surface area contributed by atoms with Gasteiger partial charge < -0.3 is 10.2 Å². The molecule has 3 aliphatic heterocycles. The van der Waals surface area contributed by atoms with Gasteiger partial charge >= 0.3 is 7.82 Å². The summed E-state index contributed by atoms with van der Waals surface area (Å²) in [4.78, 5) is 12.4. The Balaban J connectivity index is 1.42. The van der Waals surface area contributed by atoms with E-state index in [-0.39, 0.29) is 29.0 Å². The Hall–Kier alpha value is -0.560. The van der Waals surface area contributed by atoms with Crippen LogP contribution in [0.3, 0.4) is 0 Å². The van der Waals surface area contributed by atoms with E-state index in [1.165, 1.54) is 5.57 Å². The molecular weight excluding hydrogens is 395 g/mol. The summed E-state index contributed by atoms with van der Waals surface area (Å²) in [6.45, 7) is 3.79. The molecule has 0 aromatic carbocycles. The second-order valence-electron chi connectivity index (χ2n) is 10.4. The van der Waals surface area contributed by atoms with Gasteiger partial charge in [0.05, 0.1) is 11.5 Å². The number of phosphoric acid groups is 1. The molecule has 4 aliphatic carbocycles. The molecule has 7 rings (SSSR count). The van der Waals surface area contributed by atoms with Gasteiger partial charge in [0.2, 0.25) is 5.79 Å². The molecular formula is C21H29O7P. The maximum absolute atomic E-state index is 12.5. The number of phosphoric ester groups is 1. The van der Waals surface area contributed by atoms with Crippen LogP contribution in [0.15, 0.2) is 11.6 Å². The zero-order valence-corrected chi connectivity index (χ0v) is 17.8. The van der Waals surface area contributed by atoms with Gasteiger partial charge in [0, 0.05) is 11.8 Å². The van der Waals surface area contributed by atoms with E-state index in [9.17, 15) is 19.6 Å².